The molecule has 1 aromatic rings. The Kier molecular flexibility index (Phi) is 2.36. The predicted octanol–water partition coefficient (Wildman–Crippen LogP) is 1.36. The van der Waals surface area contributed by atoms with Gasteiger partial charge in [0, 0.05) is 18.0 Å². The van der Waals surface area contributed by atoms with Gasteiger partial charge in [0.2, 0.25) is 0 Å². The second-order valence-electron chi connectivity index (χ2n) is 3.18. The minimum Gasteiger partial charge on any atom is -0.456 e. The lowest BCUT2D eigenvalue weighted by Gasteiger charge is -2.28. The summed E-state index contributed by atoms with van der Waals surface area (Å²) >= 11 is 0. The van der Waals surface area contributed by atoms with Crippen molar-refractivity contribution in [3.63, 3.8) is 0 Å². The molecule has 3 heteroatoms. The Hall–Kier alpha value is -1.22. The Balaban J connectivity index is 2.19. The zero-order chi connectivity index (χ0) is 9.10. The lowest BCUT2D eigenvalue weighted by Crippen LogP contribution is -2.21. The number of aromatic nitrogens is 2. The number of nitrogens with zero attached hydrogens (tertiary/aromatic N) is 3. The van der Waals surface area contributed by atoms with Crippen molar-refractivity contribution in [2.45, 2.75) is 6.42 Å². The molecule has 1 aliphatic heterocycles. The van der Waals surface area contributed by atoms with Gasteiger partial charge in [0.15, 0.2) is 0 Å². The van der Waals surface area contributed by atoms with E-state index in [2.05, 4.69) is 23.1 Å². The molecular weight excluding hydrogens is 162 g/mol. The number of hydrogen-bond acceptors (Lipinski definition) is 3. The summed E-state index contributed by atoms with van der Waals surface area (Å²) in [6.07, 6.45) is 8.50. The highest BCUT2D eigenvalue weighted by molar-refractivity contribution is 5.65. The van der Waals surface area contributed by atoms with Crippen LogP contribution in [-0.2, 0) is 0 Å². The van der Waals surface area contributed by atoms with Gasteiger partial charge in [-0.05, 0) is 25.1 Å². The van der Waals surface area contributed by atoms with E-state index < -0.39 is 0 Å². The van der Waals surface area contributed by atoms with Gasteiger partial charge >= 0.3 is 0 Å². The topological polar surface area (TPSA) is 29.0 Å². The summed E-state index contributed by atoms with van der Waals surface area (Å²) in [7, 11) is 3.88. The molecule has 1 aromatic heterocycles. The Bertz CT molecular complexity index is 305. The van der Waals surface area contributed by atoms with Gasteiger partial charge < -0.3 is 4.90 Å². The Morgan fingerprint density at radius 1 is 1.31 bits per heavy atom. The average molecular weight is 174 g/mol. The monoisotopic (exact) mass is 174 g/mol. The second-order valence-corrected chi connectivity index (χ2v) is 3.18. The summed E-state index contributed by atoms with van der Waals surface area (Å²) < 4.78 is 0. The molecule has 0 amide bonds. The van der Waals surface area contributed by atoms with Gasteiger partial charge in [-0.15, -0.1) is 0 Å². The molecule has 0 unspecified atom stereocenters. The van der Waals surface area contributed by atoms with Crippen LogP contribution in [0.1, 0.15) is 12.0 Å². The third-order valence-electron chi connectivity index (χ3n) is 2.22. The molecular formula is C10H12N3-. The quantitative estimate of drug-likeness (QED) is 0.602. The normalized spacial score (nSPS) is 18.4. The molecule has 2 rings (SSSR count). The number of rotatable bonds is 1. The first-order valence-corrected chi connectivity index (χ1v) is 4.36. The summed E-state index contributed by atoms with van der Waals surface area (Å²) in [5.41, 5.74) is 2.47. The highest BCUT2D eigenvalue weighted by atomic mass is 15.1. The maximum absolute atomic E-state index is 4.00. The third kappa shape index (κ3) is 1.92. The second kappa shape index (κ2) is 3.66. The molecule has 13 heavy (non-hydrogen) atoms. The maximum atomic E-state index is 4.00. The summed E-state index contributed by atoms with van der Waals surface area (Å²) in [5, 5.41) is 0. The first-order valence-electron chi connectivity index (χ1n) is 4.36. The minimum atomic E-state index is 0.921. The summed E-state index contributed by atoms with van der Waals surface area (Å²) in [4.78, 5) is 10.0. The van der Waals surface area contributed by atoms with E-state index in [4.69, 9.17) is 0 Å². The van der Waals surface area contributed by atoms with E-state index in [9.17, 15) is 0 Å². The van der Waals surface area contributed by atoms with Gasteiger partial charge in [-0.3, -0.25) is 7.05 Å². The maximum Gasteiger partial charge on any atom is 0.115 e. The SMILES string of the molecule is [CH2-]N1CC=C(c2cncnc2)CC1. The summed E-state index contributed by atoms with van der Waals surface area (Å²) in [6, 6.07) is 0. The lowest BCUT2D eigenvalue weighted by molar-refractivity contribution is 0.408. The zero-order valence-corrected chi connectivity index (χ0v) is 7.48. The van der Waals surface area contributed by atoms with Crippen molar-refractivity contribution in [2.75, 3.05) is 13.1 Å². The van der Waals surface area contributed by atoms with Gasteiger partial charge in [0.1, 0.15) is 6.33 Å². The first-order chi connectivity index (χ1) is 6.36. The lowest BCUT2D eigenvalue weighted by atomic mass is 10.0. The van der Waals surface area contributed by atoms with Gasteiger partial charge in [-0.1, -0.05) is 6.08 Å². The van der Waals surface area contributed by atoms with Crippen LogP contribution < -0.4 is 0 Å². The molecule has 0 N–H and O–H groups in total. The largest absolute Gasteiger partial charge is 0.456 e. The summed E-state index contributed by atoms with van der Waals surface area (Å²) in [6.45, 7) is 1.94. The van der Waals surface area contributed by atoms with Crippen molar-refractivity contribution in [3.8, 4) is 0 Å². The van der Waals surface area contributed by atoms with Crippen molar-refractivity contribution in [1.29, 1.82) is 0 Å². The van der Waals surface area contributed by atoms with Gasteiger partial charge in [0.25, 0.3) is 0 Å². The van der Waals surface area contributed by atoms with Crippen LogP contribution >= 0.6 is 0 Å². The van der Waals surface area contributed by atoms with Crippen molar-refractivity contribution in [3.05, 3.63) is 37.4 Å². The van der Waals surface area contributed by atoms with Crippen LogP contribution in [0.2, 0.25) is 0 Å². The minimum absolute atomic E-state index is 0.921. The van der Waals surface area contributed by atoms with Crippen molar-refractivity contribution < 1.29 is 0 Å². The van der Waals surface area contributed by atoms with E-state index in [0.29, 0.717) is 0 Å². The average Bonchev–Trinajstić information content (AvgIpc) is 2.20. The van der Waals surface area contributed by atoms with E-state index in [1.807, 2.05) is 17.3 Å². The smallest absolute Gasteiger partial charge is 0.115 e. The van der Waals surface area contributed by atoms with Crippen LogP contribution in [0, 0.1) is 7.05 Å². The Morgan fingerprint density at radius 2 is 2.08 bits per heavy atom. The Morgan fingerprint density at radius 3 is 2.69 bits per heavy atom. The molecule has 0 bridgehead atoms. The van der Waals surface area contributed by atoms with Crippen LogP contribution in [0.15, 0.2) is 24.8 Å². The molecule has 0 aromatic carbocycles. The van der Waals surface area contributed by atoms with Crippen LogP contribution in [0.5, 0.6) is 0 Å². The Labute approximate surface area is 78.1 Å². The standard InChI is InChI=1S/C10H12N3/c1-13-4-2-9(3-5-13)10-6-11-8-12-7-10/h2,6-8H,1,3-5H2/q-1. The highest BCUT2D eigenvalue weighted by Gasteiger charge is 2.06. The first kappa shape index (κ1) is 8.38. The van der Waals surface area contributed by atoms with Crippen molar-refractivity contribution in [2.24, 2.45) is 0 Å². The molecule has 3 nitrogen and oxygen atoms in total. The molecule has 2 heterocycles. The predicted molar refractivity (Wildman–Crippen MR) is 51.6 cm³/mol. The molecule has 68 valence electrons. The van der Waals surface area contributed by atoms with Gasteiger partial charge in [-0.25, -0.2) is 9.97 Å². The van der Waals surface area contributed by atoms with Gasteiger partial charge in [0.05, 0.1) is 0 Å². The molecule has 0 radical (unpaired) electrons. The number of hydrogen-bond donors (Lipinski definition) is 0. The summed E-state index contributed by atoms with van der Waals surface area (Å²) in [5.74, 6) is 0. The molecule has 0 saturated carbocycles. The fourth-order valence-electron chi connectivity index (χ4n) is 1.44. The fourth-order valence-corrected chi connectivity index (χ4v) is 1.44. The van der Waals surface area contributed by atoms with Crippen LogP contribution in [-0.4, -0.2) is 28.0 Å². The fraction of sp³-hybridized carbons (Fsp3) is 0.300. The van der Waals surface area contributed by atoms with Gasteiger partial charge in [-0.2, -0.15) is 0 Å². The molecule has 0 fully saturated rings. The molecule has 0 atom stereocenters. The highest BCUT2D eigenvalue weighted by Crippen LogP contribution is 2.19. The van der Waals surface area contributed by atoms with Crippen LogP contribution in [0.4, 0.5) is 0 Å². The van der Waals surface area contributed by atoms with Crippen molar-refractivity contribution >= 4 is 5.57 Å². The van der Waals surface area contributed by atoms with Crippen molar-refractivity contribution in [1.82, 2.24) is 14.9 Å². The third-order valence-corrected chi connectivity index (χ3v) is 2.22. The zero-order valence-electron chi connectivity index (χ0n) is 7.48. The molecule has 0 saturated heterocycles. The molecule has 0 spiro atoms. The molecule has 1 aliphatic rings. The van der Waals surface area contributed by atoms with E-state index in [1.165, 1.54) is 5.57 Å². The van der Waals surface area contributed by atoms with E-state index >= 15 is 0 Å². The van der Waals surface area contributed by atoms with E-state index in [1.54, 1.807) is 6.33 Å². The van der Waals surface area contributed by atoms with Crippen LogP contribution in [0.25, 0.3) is 5.57 Å². The van der Waals surface area contributed by atoms with E-state index in [0.717, 1.165) is 25.1 Å². The molecule has 0 aliphatic carbocycles. The van der Waals surface area contributed by atoms with E-state index in [-0.39, 0.29) is 0 Å². The van der Waals surface area contributed by atoms with Crippen LogP contribution in [0.3, 0.4) is 0 Å².